The lowest BCUT2D eigenvalue weighted by Gasteiger charge is -2.22. The van der Waals surface area contributed by atoms with Gasteiger partial charge < -0.3 is 5.73 Å². The molecule has 0 aliphatic rings. The average Bonchev–Trinajstić information content (AvgIpc) is 2.85. The summed E-state index contributed by atoms with van der Waals surface area (Å²) in [5.74, 6) is 0. The standard InChI is InChI=1S/C12H16N4/c1-2-11(16-9-14-8-15-16)12(13)10-6-4-3-5-7-10/h3-9,11-12H,2,13H2,1H3. The number of rotatable bonds is 4. The summed E-state index contributed by atoms with van der Waals surface area (Å²) in [5, 5.41) is 4.16. The first-order chi connectivity index (χ1) is 7.83. The van der Waals surface area contributed by atoms with E-state index in [1.54, 1.807) is 12.7 Å². The van der Waals surface area contributed by atoms with E-state index in [1.807, 2.05) is 35.0 Å². The van der Waals surface area contributed by atoms with Gasteiger partial charge in [-0.15, -0.1) is 0 Å². The first-order valence-corrected chi connectivity index (χ1v) is 5.47. The molecule has 0 aliphatic heterocycles. The lowest BCUT2D eigenvalue weighted by atomic mass is 9.98. The maximum atomic E-state index is 6.25. The van der Waals surface area contributed by atoms with E-state index in [1.165, 1.54) is 0 Å². The summed E-state index contributed by atoms with van der Waals surface area (Å²) in [7, 11) is 0. The van der Waals surface area contributed by atoms with Crippen LogP contribution in [0.15, 0.2) is 43.0 Å². The van der Waals surface area contributed by atoms with E-state index in [4.69, 9.17) is 5.73 Å². The number of benzene rings is 1. The molecule has 2 rings (SSSR count). The summed E-state index contributed by atoms with van der Waals surface area (Å²) in [4.78, 5) is 3.96. The minimum absolute atomic E-state index is 0.0482. The molecule has 0 aliphatic carbocycles. The second-order valence-electron chi connectivity index (χ2n) is 3.79. The van der Waals surface area contributed by atoms with Gasteiger partial charge in [0.05, 0.1) is 12.1 Å². The van der Waals surface area contributed by atoms with Gasteiger partial charge in [-0.25, -0.2) is 9.67 Å². The van der Waals surface area contributed by atoms with Crippen molar-refractivity contribution in [3.63, 3.8) is 0 Å². The predicted molar refractivity (Wildman–Crippen MR) is 62.7 cm³/mol. The van der Waals surface area contributed by atoms with Crippen molar-refractivity contribution in [2.45, 2.75) is 25.4 Å². The van der Waals surface area contributed by atoms with Crippen LogP contribution in [-0.2, 0) is 0 Å². The van der Waals surface area contributed by atoms with Gasteiger partial charge in [0.25, 0.3) is 0 Å². The Morgan fingerprint density at radius 3 is 2.62 bits per heavy atom. The van der Waals surface area contributed by atoms with E-state index in [0.29, 0.717) is 0 Å². The molecule has 2 atom stereocenters. The quantitative estimate of drug-likeness (QED) is 0.849. The zero-order valence-electron chi connectivity index (χ0n) is 9.32. The Morgan fingerprint density at radius 1 is 1.31 bits per heavy atom. The molecule has 4 nitrogen and oxygen atoms in total. The monoisotopic (exact) mass is 216 g/mol. The lowest BCUT2D eigenvalue weighted by Crippen LogP contribution is -2.24. The molecular formula is C12H16N4. The van der Waals surface area contributed by atoms with Crippen LogP contribution in [0.2, 0.25) is 0 Å². The highest BCUT2D eigenvalue weighted by molar-refractivity contribution is 5.19. The molecular weight excluding hydrogens is 200 g/mol. The van der Waals surface area contributed by atoms with Crippen molar-refractivity contribution >= 4 is 0 Å². The molecule has 0 bridgehead atoms. The Hall–Kier alpha value is -1.68. The fourth-order valence-corrected chi connectivity index (χ4v) is 1.89. The molecule has 2 N–H and O–H groups in total. The molecule has 1 aromatic carbocycles. The number of nitrogens with two attached hydrogens (primary N) is 1. The predicted octanol–water partition coefficient (Wildman–Crippen LogP) is 1.93. The maximum Gasteiger partial charge on any atom is 0.137 e. The Bertz CT molecular complexity index is 410. The average molecular weight is 216 g/mol. The largest absolute Gasteiger partial charge is 0.322 e. The Kier molecular flexibility index (Phi) is 3.31. The smallest absolute Gasteiger partial charge is 0.137 e. The highest BCUT2D eigenvalue weighted by Gasteiger charge is 2.19. The third-order valence-electron chi connectivity index (χ3n) is 2.79. The molecule has 2 aromatic rings. The Morgan fingerprint density at radius 2 is 2.06 bits per heavy atom. The van der Waals surface area contributed by atoms with E-state index in [-0.39, 0.29) is 12.1 Å². The summed E-state index contributed by atoms with van der Waals surface area (Å²) in [6.07, 6.45) is 4.19. The van der Waals surface area contributed by atoms with Gasteiger partial charge in [0.2, 0.25) is 0 Å². The SMILES string of the molecule is CCC(C(N)c1ccccc1)n1cncn1. The number of hydrogen-bond acceptors (Lipinski definition) is 3. The summed E-state index contributed by atoms with van der Waals surface area (Å²) in [5.41, 5.74) is 7.38. The fraction of sp³-hybridized carbons (Fsp3) is 0.333. The van der Waals surface area contributed by atoms with Gasteiger partial charge in [-0.2, -0.15) is 5.10 Å². The van der Waals surface area contributed by atoms with Gasteiger partial charge in [0.1, 0.15) is 12.7 Å². The van der Waals surface area contributed by atoms with Crippen molar-refractivity contribution in [3.8, 4) is 0 Å². The van der Waals surface area contributed by atoms with E-state index in [9.17, 15) is 0 Å². The second-order valence-corrected chi connectivity index (χ2v) is 3.79. The van der Waals surface area contributed by atoms with Crippen molar-refractivity contribution in [1.82, 2.24) is 14.8 Å². The number of aromatic nitrogens is 3. The van der Waals surface area contributed by atoms with Crippen molar-refractivity contribution in [3.05, 3.63) is 48.5 Å². The first-order valence-electron chi connectivity index (χ1n) is 5.47. The van der Waals surface area contributed by atoms with E-state index in [2.05, 4.69) is 17.0 Å². The second kappa shape index (κ2) is 4.90. The Labute approximate surface area is 95.1 Å². The first kappa shape index (κ1) is 10.8. The topological polar surface area (TPSA) is 56.7 Å². The summed E-state index contributed by atoms with van der Waals surface area (Å²) in [6.45, 7) is 2.11. The van der Waals surface area contributed by atoms with Crippen LogP contribution in [0.1, 0.15) is 31.0 Å². The Balaban J connectivity index is 2.23. The van der Waals surface area contributed by atoms with Crippen LogP contribution in [-0.4, -0.2) is 14.8 Å². The third kappa shape index (κ3) is 2.12. The van der Waals surface area contributed by atoms with Crippen LogP contribution in [0.5, 0.6) is 0 Å². The van der Waals surface area contributed by atoms with Gasteiger partial charge >= 0.3 is 0 Å². The zero-order valence-corrected chi connectivity index (χ0v) is 9.32. The molecule has 0 saturated carbocycles. The molecule has 0 amide bonds. The van der Waals surface area contributed by atoms with Crippen molar-refractivity contribution in [2.75, 3.05) is 0 Å². The van der Waals surface area contributed by atoms with Gasteiger partial charge in [-0.05, 0) is 12.0 Å². The molecule has 1 aromatic heterocycles. The normalized spacial score (nSPS) is 14.6. The van der Waals surface area contributed by atoms with Gasteiger partial charge in [0, 0.05) is 0 Å². The zero-order chi connectivity index (χ0) is 11.4. The summed E-state index contributed by atoms with van der Waals surface area (Å²) >= 11 is 0. The van der Waals surface area contributed by atoms with Gasteiger partial charge in [-0.3, -0.25) is 0 Å². The summed E-state index contributed by atoms with van der Waals surface area (Å²) in [6, 6.07) is 10.2. The van der Waals surface area contributed by atoms with Crippen LogP contribution in [0.4, 0.5) is 0 Å². The molecule has 84 valence electrons. The third-order valence-corrected chi connectivity index (χ3v) is 2.79. The van der Waals surface area contributed by atoms with Crippen LogP contribution in [0, 0.1) is 0 Å². The minimum atomic E-state index is -0.0482. The van der Waals surface area contributed by atoms with Crippen LogP contribution in [0.25, 0.3) is 0 Å². The minimum Gasteiger partial charge on any atom is -0.322 e. The lowest BCUT2D eigenvalue weighted by molar-refractivity contribution is 0.372. The molecule has 1 heterocycles. The number of nitrogens with zero attached hydrogens (tertiary/aromatic N) is 3. The van der Waals surface area contributed by atoms with Crippen LogP contribution in [0.3, 0.4) is 0 Å². The van der Waals surface area contributed by atoms with Crippen molar-refractivity contribution < 1.29 is 0 Å². The van der Waals surface area contributed by atoms with E-state index in [0.717, 1.165) is 12.0 Å². The van der Waals surface area contributed by atoms with E-state index < -0.39 is 0 Å². The van der Waals surface area contributed by atoms with Crippen LogP contribution < -0.4 is 5.73 Å². The van der Waals surface area contributed by atoms with Gasteiger partial charge in [0.15, 0.2) is 0 Å². The maximum absolute atomic E-state index is 6.25. The van der Waals surface area contributed by atoms with Crippen molar-refractivity contribution in [2.24, 2.45) is 5.73 Å². The molecule has 0 saturated heterocycles. The highest BCUT2D eigenvalue weighted by atomic mass is 15.3. The highest BCUT2D eigenvalue weighted by Crippen LogP contribution is 2.25. The van der Waals surface area contributed by atoms with Crippen LogP contribution >= 0.6 is 0 Å². The van der Waals surface area contributed by atoms with Crippen molar-refractivity contribution in [1.29, 1.82) is 0 Å². The fourth-order valence-electron chi connectivity index (χ4n) is 1.89. The summed E-state index contributed by atoms with van der Waals surface area (Å²) < 4.78 is 1.83. The molecule has 0 radical (unpaired) electrons. The molecule has 16 heavy (non-hydrogen) atoms. The molecule has 0 spiro atoms. The van der Waals surface area contributed by atoms with Gasteiger partial charge in [-0.1, -0.05) is 37.3 Å². The molecule has 2 unspecified atom stereocenters. The van der Waals surface area contributed by atoms with E-state index >= 15 is 0 Å². The molecule has 4 heteroatoms. The molecule has 0 fully saturated rings. The number of hydrogen-bond donors (Lipinski definition) is 1.